The Labute approximate surface area is 143 Å². The number of anilines is 1. The maximum absolute atomic E-state index is 13.8. The highest BCUT2D eigenvalue weighted by atomic mass is 32.2. The molecule has 0 radical (unpaired) electrons. The van der Waals surface area contributed by atoms with Gasteiger partial charge in [-0.2, -0.15) is 0 Å². The number of aromatic amines is 1. The predicted molar refractivity (Wildman–Crippen MR) is 96.7 cm³/mol. The van der Waals surface area contributed by atoms with Crippen molar-refractivity contribution in [2.24, 2.45) is 0 Å². The molecular formula is C18H18FN3OS. The molecule has 2 N–H and O–H groups in total. The van der Waals surface area contributed by atoms with Crippen LogP contribution in [0.1, 0.15) is 23.6 Å². The standard InChI is InChI=1S/C18H18FN3OS/c1-11-7-8-14(13(19)9-11)20-17(23)10-24-12(2)18-21-15-5-3-4-6-16(15)22-18/h3-9,12H,10H2,1-2H3,(H,20,23)(H,21,22). The van der Waals surface area contributed by atoms with Crippen LogP contribution < -0.4 is 5.32 Å². The highest BCUT2D eigenvalue weighted by Gasteiger charge is 2.14. The summed E-state index contributed by atoms with van der Waals surface area (Å²) in [6, 6.07) is 12.5. The minimum absolute atomic E-state index is 0.0333. The lowest BCUT2D eigenvalue weighted by Crippen LogP contribution is -2.15. The zero-order chi connectivity index (χ0) is 17.1. The van der Waals surface area contributed by atoms with Gasteiger partial charge in [-0.25, -0.2) is 9.37 Å². The van der Waals surface area contributed by atoms with Crippen LogP contribution in [0.15, 0.2) is 42.5 Å². The molecule has 0 fully saturated rings. The molecule has 0 spiro atoms. The Bertz CT molecular complexity index is 845. The fourth-order valence-electron chi connectivity index (χ4n) is 2.35. The largest absolute Gasteiger partial charge is 0.341 e. The van der Waals surface area contributed by atoms with E-state index >= 15 is 0 Å². The van der Waals surface area contributed by atoms with Gasteiger partial charge in [0.1, 0.15) is 11.6 Å². The Morgan fingerprint density at radius 3 is 2.88 bits per heavy atom. The Morgan fingerprint density at radius 2 is 2.12 bits per heavy atom. The number of nitrogens with zero attached hydrogens (tertiary/aromatic N) is 1. The van der Waals surface area contributed by atoms with Crippen LogP contribution in [0.5, 0.6) is 0 Å². The van der Waals surface area contributed by atoms with Crippen molar-refractivity contribution in [3.63, 3.8) is 0 Å². The molecule has 1 heterocycles. The normalized spacial score (nSPS) is 12.3. The van der Waals surface area contributed by atoms with Gasteiger partial charge in [0.05, 0.1) is 27.7 Å². The second-order valence-corrected chi connectivity index (χ2v) is 6.95. The van der Waals surface area contributed by atoms with Gasteiger partial charge in [0.25, 0.3) is 0 Å². The van der Waals surface area contributed by atoms with Crippen molar-refractivity contribution < 1.29 is 9.18 Å². The zero-order valence-electron chi connectivity index (χ0n) is 13.5. The van der Waals surface area contributed by atoms with E-state index in [0.29, 0.717) is 0 Å². The quantitative estimate of drug-likeness (QED) is 0.720. The first kappa shape index (κ1) is 16.5. The number of fused-ring (bicyclic) bond motifs is 1. The topological polar surface area (TPSA) is 57.8 Å². The second kappa shape index (κ2) is 7.05. The molecule has 0 bridgehead atoms. The van der Waals surface area contributed by atoms with Crippen molar-refractivity contribution >= 4 is 34.4 Å². The second-order valence-electron chi connectivity index (χ2n) is 5.62. The van der Waals surface area contributed by atoms with Crippen LogP contribution in [-0.2, 0) is 4.79 Å². The number of halogens is 1. The molecule has 4 nitrogen and oxygen atoms in total. The fraction of sp³-hybridized carbons (Fsp3) is 0.222. The molecule has 1 atom stereocenters. The molecule has 24 heavy (non-hydrogen) atoms. The number of aromatic nitrogens is 2. The Kier molecular flexibility index (Phi) is 4.85. The van der Waals surface area contributed by atoms with Gasteiger partial charge in [-0.05, 0) is 43.7 Å². The van der Waals surface area contributed by atoms with Gasteiger partial charge >= 0.3 is 0 Å². The third-order valence-corrected chi connectivity index (χ3v) is 4.81. The van der Waals surface area contributed by atoms with Crippen LogP contribution in [0.25, 0.3) is 11.0 Å². The number of carbonyl (C=O) groups is 1. The number of aryl methyl sites for hydroxylation is 1. The van der Waals surface area contributed by atoms with E-state index in [0.717, 1.165) is 22.4 Å². The van der Waals surface area contributed by atoms with Gasteiger partial charge < -0.3 is 10.3 Å². The van der Waals surface area contributed by atoms with Crippen molar-refractivity contribution in [1.82, 2.24) is 9.97 Å². The Balaban J connectivity index is 1.59. The Morgan fingerprint density at radius 1 is 1.33 bits per heavy atom. The van der Waals surface area contributed by atoms with Gasteiger partial charge in [-0.15, -0.1) is 11.8 Å². The van der Waals surface area contributed by atoms with Crippen LogP contribution in [0, 0.1) is 12.7 Å². The lowest BCUT2D eigenvalue weighted by Gasteiger charge is -2.10. The van der Waals surface area contributed by atoms with Crippen molar-refractivity contribution in [1.29, 1.82) is 0 Å². The number of imidazole rings is 1. The van der Waals surface area contributed by atoms with Crippen molar-refractivity contribution in [2.45, 2.75) is 19.1 Å². The van der Waals surface area contributed by atoms with Crippen molar-refractivity contribution in [3.05, 3.63) is 59.7 Å². The first-order valence-corrected chi connectivity index (χ1v) is 8.70. The number of hydrogen-bond donors (Lipinski definition) is 2. The molecule has 0 saturated carbocycles. The fourth-order valence-corrected chi connectivity index (χ4v) is 3.10. The molecule has 3 aromatic rings. The van der Waals surface area contributed by atoms with Gasteiger partial charge in [0.2, 0.25) is 5.91 Å². The molecule has 0 aliphatic carbocycles. The number of para-hydroxylation sites is 2. The van der Waals surface area contributed by atoms with E-state index in [1.807, 2.05) is 31.2 Å². The number of hydrogen-bond acceptors (Lipinski definition) is 3. The molecule has 0 aliphatic rings. The van der Waals surface area contributed by atoms with Crippen LogP contribution >= 0.6 is 11.8 Å². The SMILES string of the molecule is Cc1ccc(NC(=O)CSC(C)c2nc3ccccc3[nH]2)c(F)c1. The first-order chi connectivity index (χ1) is 11.5. The predicted octanol–water partition coefficient (Wildman–Crippen LogP) is 4.44. The first-order valence-electron chi connectivity index (χ1n) is 7.65. The van der Waals surface area contributed by atoms with E-state index in [1.165, 1.54) is 17.8 Å². The smallest absolute Gasteiger partial charge is 0.234 e. The molecule has 0 aliphatic heterocycles. The molecule has 124 valence electrons. The minimum atomic E-state index is -0.418. The Hall–Kier alpha value is -2.34. The van der Waals surface area contributed by atoms with E-state index in [4.69, 9.17) is 0 Å². The number of benzene rings is 2. The van der Waals surface area contributed by atoms with Gasteiger partial charge in [-0.1, -0.05) is 18.2 Å². The minimum Gasteiger partial charge on any atom is -0.341 e. The summed E-state index contributed by atoms with van der Waals surface area (Å²) in [4.78, 5) is 19.8. The summed E-state index contributed by atoms with van der Waals surface area (Å²) in [5.41, 5.74) is 2.92. The number of rotatable bonds is 5. The van der Waals surface area contributed by atoms with E-state index < -0.39 is 5.82 Å². The molecule has 2 aromatic carbocycles. The number of nitrogens with one attached hydrogen (secondary N) is 2. The summed E-state index contributed by atoms with van der Waals surface area (Å²) in [6.45, 7) is 3.79. The van der Waals surface area contributed by atoms with Gasteiger partial charge in [0, 0.05) is 0 Å². The van der Waals surface area contributed by atoms with E-state index in [1.54, 1.807) is 19.1 Å². The number of thioether (sulfide) groups is 1. The molecule has 1 aromatic heterocycles. The van der Waals surface area contributed by atoms with Crippen LogP contribution in [-0.4, -0.2) is 21.6 Å². The van der Waals surface area contributed by atoms with Crippen molar-refractivity contribution in [3.8, 4) is 0 Å². The third kappa shape index (κ3) is 3.76. The summed E-state index contributed by atoms with van der Waals surface area (Å²) < 4.78 is 13.8. The van der Waals surface area contributed by atoms with Crippen LogP contribution in [0.3, 0.4) is 0 Å². The molecular weight excluding hydrogens is 325 g/mol. The lowest BCUT2D eigenvalue weighted by atomic mass is 10.2. The van der Waals surface area contributed by atoms with E-state index in [-0.39, 0.29) is 22.6 Å². The van der Waals surface area contributed by atoms with Gasteiger partial charge in [0.15, 0.2) is 0 Å². The van der Waals surface area contributed by atoms with E-state index in [9.17, 15) is 9.18 Å². The summed E-state index contributed by atoms with van der Waals surface area (Å²) in [5.74, 6) is 0.408. The molecule has 0 saturated heterocycles. The maximum atomic E-state index is 13.8. The average Bonchev–Trinajstić information content (AvgIpc) is 2.99. The highest BCUT2D eigenvalue weighted by molar-refractivity contribution is 8.00. The van der Waals surface area contributed by atoms with Crippen molar-refractivity contribution in [2.75, 3.05) is 11.1 Å². The van der Waals surface area contributed by atoms with E-state index in [2.05, 4.69) is 15.3 Å². The molecule has 1 amide bonds. The summed E-state index contributed by atoms with van der Waals surface area (Å²) in [5, 5.41) is 2.64. The monoisotopic (exact) mass is 343 g/mol. The van der Waals surface area contributed by atoms with Crippen LogP contribution in [0.2, 0.25) is 0 Å². The number of H-pyrrole nitrogens is 1. The van der Waals surface area contributed by atoms with Gasteiger partial charge in [-0.3, -0.25) is 4.79 Å². The third-order valence-electron chi connectivity index (χ3n) is 3.66. The molecule has 3 rings (SSSR count). The maximum Gasteiger partial charge on any atom is 0.234 e. The zero-order valence-corrected chi connectivity index (χ0v) is 14.3. The molecule has 1 unspecified atom stereocenters. The lowest BCUT2D eigenvalue weighted by molar-refractivity contribution is -0.113. The number of amides is 1. The summed E-state index contributed by atoms with van der Waals surface area (Å²) in [7, 11) is 0. The summed E-state index contributed by atoms with van der Waals surface area (Å²) >= 11 is 1.45. The van der Waals surface area contributed by atoms with Crippen LogP contribution in [0.4, 0.5) is 10.1 Å². The summed E-state index contributed by atoms with van der Waals surface area (Å²) in [6.07, 6.45) is 0. The highest BCUT2D eigenvalue weighted by Crippen LogP contribution is 2.27. The number of carbonyl (C=O) groups excluding carboxylic acids is 1. The molecule has 6 heteroatoms. The average molecular weight is 343 g/mol.